The van der Waals surface area contributed by atoms with Crippen molar-refractivity contribution in [1.82, 2.24) is 10.2 Å². The van der Waals surface area contributed by atoms with Gasteiger partial charge in [0, 0.05) is 13.0 Å². The monoisotopic (exact) mass is 550 g/mol. The van der Waals surface area contributed by atoms with Gasteiger partial charge < -0.3 is 55.4 Å². The zero-order valence-electron chi connectivity index (χ0n) is 22.8. The van der Waals surface area contributed by atoms with Crippen molar-refractivity contribution in [2.45, 2.75) is 126 Å². The molecule has 2 saturated heterocycles. The highest BCUT2D eigenvalue weighted by molar-refractivity contribution is 5.75. The Morgan fingerprint density at radius 2 is 1.24 bits per heavy atom. The number of carbonyl (C=O) groups excluding carboxylic acids is 1. The molecule has 2 fully saturated rings. The second-order valence-corrected chi connectivity index (χ2v) is 10.6. The molecule has 0 radical (unpaired) electrons. The van der Waals surface area contributed by atoms with Crippen LogP contribution in [0.1, 0.15) is 65.2 Å². The Morgan fingerprint density at radius 1 is 0.711 bits per heavy atom. The van der Waals surface area contributed by atoms with Crippen molar-refractivity contribution >= 4 is 5.91 Å². The van der Waals surface area contributed by atoms with E-state index >= 15 is 0 Å². The van der Waals surface area contributed by atoms with Gasteiger partial charge in [-0.05, 0) is 72.0 Å². The van der Waals surface area contributed by atoms with Crippen LogP contribution < -0.4 is 5.32 Å². The molecule has 224 valence electrons. The smallest absolute Gasteiger partial charge is 0.219 e. The molecule has 0 bridgehead atoms. The quantitative estimate of drug-likeness (QED) is 0.102. The number of nitrogens with one attached hydrogen (secondary N) is 1. The first-order chi connectivity index (χ1) is 18.1. The molecule has 2 aliphatic heterocycles. The van der Waals surface area contributed by atoms with Crippen LogP contribution in [0, 0.1) is 0 Å². The van der Waals surface area contributed by atoms with Crippen LogP contribution in [0.5, 0.6) is 0 Å². The van der Waals surface area contributed by atoms with Gasteiger partial charge in [0.25, 0.3) is 0 Å². The second-order valence-electron chi connectivity index (χ2n) is 10.6. The topological polar surface area (TPSA) is 192 Å². The first-order valence-corrected chi connectivity index (χ1v) is 14.1. The van der Waals surface area contributed by atoms with Crippen molar-refractivity contribution in [2.75, 3.05) is 32.8 Å². The van der Waals surface area contributed by atoms with Crippen molar-refractivity contribution in [3.8, 4) is 0 Å². The molecule has 1 amide bonds. The lowest BCUT2D eigenvalue weighted by Gasteiger charge is -2.40. The predicted octanol–water partition coefficient (Wildman–Crippen LogP) is -1.74. The van der Waals surface area contributed by atoms with Crippen molar-refractivity contribution in [3.63, 3.8) is 0 Å². The van der Waals surface area contributed by atoms with Gasteiger partial charge in [-0.15, -0.1) is 0 Å². The summed E-state index contributed by atoms with van der Waals surface area (Å²) in [5.74, 6) is 0.0523. The Kier molecular flexibility index (Phi) is 14.9. The summed E-state index contributed by atoms with van der Waals surface area (Å²) in [5.41, 5.74) is 0. The highest BCUT2D eigenvalue weighted by atomic mass is 16.5. The van der Waals surface area contributed by atoms with E-state index in [1.54, 1.807) is 6.92 Å². The third-order valence-electron chi connectivity index (χ3n) is 7.62. The fourth-order valence-electron chi connectivity index (χ4n) is 5.24. The van der Waals surface area contributed by atoms with Gasteiger partial charge in [-0.1, -0.05) is 6.42 Å². The molecule has 10 atom stereocenters. The van der Waals surface area contributed by atoms with Crippen LogP contribution in [0.2, 0.25) is 0 Å². The number of hydrogen-bond donors (Lipinski definition) is 8. The van der Waals surface area contributed by atoms with E-state index in [-0.39, 0.29) is 5.91 Å². The van der Waals surface area contributed by atoms with Crippen LogP contribution >= 0.6 is 0 Å². The molecule has 0 aromatic heterocycles. The van der Waals surface area contributed by atoms with Gasteiger partial charge >= 0.3 is 0 Å². The zero-order valence-corrected chi connectivity index (χ0v) is 22.8. The van der Waals surface area contributed by atoms with E-state index < -0.39 is 67.6 Å². The average molecular weight is 551 g/mol. The van der Waals surface area contributed by atoms with Gasteiger partial charge in [-0.2, -0.15) is 0 Å². The number of nitrogens with zero attached hydrogens (tertiary/aromatic N) is 1. The van der Waals surface area contributed by atoms with Crippen LogP contribution in [0.3, 0.4) is 0 Å². The van der Waals surface area contributed by atoms with Crippen molar-refractivity contribution in [2.24, 2.45) is 0 Å². The number of aliphatic hydroxyl groups excluding tert-OH is 7. The van der Waals surface area contributed by atoms with Gasteiger partial charge in [0.05, 0.1) is 24.9 Å². The summed E-state index contributed by atoms with van der Waals surface area (Å²) in [6.07, 6.45) is -4.94. The lowest BCUT2D eigenvalue weighted by Crippen LogP contribution is -2.58. The molecule has 2 rings (SSSR count). The minimum absolute atomic E-state index is 0.0523. The molecule has 0 unspecified atom stereocenters. The Bertz CT molecular complexity index is 672. The average Bonchev–Trinajstić information content (AvgIpc) is 2.89. The summed E-state index contributed by atoms with van der Waals surface area (Å²) in [6, 6.07) is 0. The maximum absolute atomic E-state index is 11.7. The number of carbonyl (C=O) groups is 1. The van der Waals surface area contributed by atoms with Crippen molar-refractivity contribution in [1.29, 1.82) is 0 Å². The molecular weight excluding hydrogens is 500 g/mol. The summed E-state index contributed by atoms with van der Waals surface area (Å²) >= 11 is 0. The standard InChI is InChI=1S/C26H50N2O10/c1-3-27-20(30)11-5-4-6-12-28(13-7-9-17-22(32)25(35)21(31)16(2)37-17)14-8-10-18-23(33)26(36)24(34)19(15-29)38-18/h16-19,21-26,29,31-36H,3-15H2,1-2H3,(H,27,30)/t16-,17-,18+,19+,21+,22+,23-,24+,25+,26+/m0/s1. The molecule has 0 saturated carbocycles. The van der Waals surface area contributed by atoms with Gasteiger partial charge in [0.1, 0.15) is 42.7 Å². The fraction of sp³-hybridized carbons (Fsp3) is 0.962. The Labute approximate surface area is 225 Å². The largest absolute Gasteiger partial charge is 0.394 e. The number of ether oxygens (including phenoxy) is 2. The van der Waals surface area contributed by atoms with Crippen LogP contribution in [-0.4, -0.2) is 140 Å². The highest BCUT2D eigenvalue weighted by Gasteiger charge is 2.43. The zero-order chi connectivity index (χ0) is 28.2. The minimum atomic E-state index is -1.38. The summed E-state index contributed by atoms with van der Waals surface area (Å²) < 4.78 is 11.3. The maximum Gasteiger partial charge on any atom is 0.219 e. The van der Waals surface area contributed by atoms with Crippen molar-refractivity contribution in [3.05, 3.63) is 0 Å². The van der Waals surface area contributed by atoms with E-state index in [1.165, 1.54) is 0 Å². The van der Waals surface area contributed by atoms with Crippen LogP contribution in [-0.2, 0) is 14.3 Å². The summed E-state index contributed by atoms with van der Waals surface area (Å²) in [7, 11) is 0. The molecule has 0 aromatic rings. The van der Waals surface area contributed by atoms with Gasteiger partial charge in [-0.25, -0.2) is 0 Å². The molecule has 12 nitrogen and oxygen atoms in total. The van der Waals surface area contributed by atoms with Crippen molar-refractivity contribution < 1.29 is 50.0 Å². The van der Waals surface area contributed by atoms with E-state index in [9.17, 15) is 40.5 Å². The third-order valence-corrected chi connectivity index (χ3v) is 7.62. The first kappa shape index (κ1) is 33.3. The Hall–Kier alpha value is -0.930. The minimum Gasteiger partial charge on any atom is -0.394 e. The number of amides is 1. The molecule has 2 heterocycles. The normalized spacial score (nSPS) is 35.9. The lowest BCUT2D eigenvalue weighted by atomic mass is 9.92. The first-order valence-electron chi connectivity index (χ1n) is 14.1. The highest BCUT2D eigenvalue weighted by Crippen LogP contribution is 2.25. The van der Waals surface area contributed by atoms with E-state index in [0.717, 1.165) is 25.8 Å². The Balaban J connectivity index is 1.84. The van der Waals surface area contributed by atoms with E-state index in [2.05, 4.69) is 10.2 Å². The molecule has 0 aliphatic carbocycles. The second kappa shape index (κ2) is 17.0. The molecule has 0 aromatic carbocycles. The van der Waals surface area contributed by atoms with Gasteiger partial charge in [-0.3, -0.25) is 4.79 Å². The molecule has 12 heteroatoms. The molecule has 8 N–H and O–H groups in total. The van der Waals surface area contributed by atoms with Crippen LogP contribution in [0.25, 0.3) is 0 Å². The van der Waals surface area contributed by atoms with Gasteiger partial charge in [0.15, 0.2) is 0 Å². The van der Waals surface area contributed by atoms with E-state index in [4.69, 9.17) is 9.47 Å². The molecule has 38 heavy (non-hydrogen) atoms. The summed E-state index contributed by atoms with van der Waals surface area (Å²) in [6.45, 7) is 5.88. The van der Waals surface area contributed by atoms with Crippen LogP contribution in [0.15, 0.2) is 0 Å². The molecule has 2 aliphatic rings. The predicted molar refractivity (Wildman–Crippen MR) is 138 cm³/mol. The third kappa shape index (κ3) is 9.92. The number of rotatable bonds is 16. The summed E-state index contributed by atoms with van der Waals surface area (Å²) in [4.78, 5) is 13.9. The molecule has 0 spiro atoms. The van der Waals surface area contributed by atoms with Crippen LogP contribution in [0.4, 0.5) is 0 Å². The Morgan fingerprint density at radius 3 is 1.82 bits per heavy atom. The maximum atomic E-state index is 11.7. The summed E-state index contributed by atoms with van der Waals surface area (Å²) in [5, 5.41) is 72.8. The molecular formula is C26H50N2O10. The van der Waals surface area contributed by atoms with E-state index in [1.807, 2.05) is 6.92 Å². The lowest BCUT2D eigenvalue weighted by molar-refractivity contribution is -0.230. The SMILES string of the molecule is CCNC(=O)CCCCCN(CCC[C@@H]1O[C@@H](C)[C@@H](O)[C@@H](O)[C@@H]1O)CCC[C@H]1O[C@H](CO)[C@@H](O)[C@H](O)[C@H]1O. The van der Waals surface area contributed by atoms with E-state index in [0.29, 0.717) is 51.7 Å². The number of aliphatic hydroxyl groups is 7. The fourth-order valence-corrected chi connectivity index (χ4v) is 5.24. The number of hydrogen-bond acceptors (Lipinski definition) is 11. The van der Waals surface area contributed by atoms with Gasteiger partial charge in [0.2, 0.25) is 5.91 Å². The number of unbranched alkanes of at least 4 members (excludes halogenated alkanes) is 2.